The van der Waals surface area contributed by atoms with Crippen molar-refractivity contribution < 1.29 is 9.53 Å². The van der Waals surface area contributed by atoms with Gasteiger partial charge in [-0.05, 0) is 6.92 Å². The quantitative estimate of drug-likeness (QED) is 0.698. The second-order valence-electron chi connectivity index (χ2n) is 4.49. The summed E-state index contributed by atoms with van der Waals surface area (Å²) < 4.78 is 5.25. The third-order valence-electron chi connectivity index (χ3n) is 2.97. The largest absolute Gasteiger partial charge is 0.380 e. The Bertz CT molecular complexity index is 233. The number of amides is 1. The minimum atomic E-state index is -0.0543. The van der Waals surface area contributed by atoms with E-state index < -0.39 is 0 Å². The molecule has 0 spiro atoms. The summed E-state index contributed by atoms with van der Waals surface area (Å²) in [6.45, 7) is 5.40. The van der Waals surface area contributed by atoms with Crippen molar-refractivity contribution >= 4 is 5.91 Å². The van der Waals surface area contributed by atoms with Gasteiger partial charge in [-0.1, -0.05) is 0 Å². The monoisotopic (exact) mass is 229 g/mol. The van der Waals surface area contributed by atoms with E-state index in [-0.39, 0.29) is 18.1 Å². The normalized spacial score (nSPS) is 24.1. The van der Waals surface area contributed by atoms with E-state index >= 15 is 0 Å². The maximum atomic E-state index is 12.0. The van der Waals surface area contributed by atoms with Gasteiger partial charge in [-0.2, -0.15) is 0 Å². The van der Waals surface area contributed by atoms with Crippen molar-refractivity contribution in [3.63, 3.8) is 0 Å². The van der Waals surface area contributed by atoms with Crippen LogP contribution in [0.1, 0.15) is 6.92 Å². The first-order valence-corrected chi connectivity index (χ1v) is 5.75. The fraction of sp³-hybridized carbons (Fsp3) is 0.909. The van der Waals surface area contributed by atoms with Crippen LogP contribution in [0.5, 0.6) is 0 Å². The molecule has 1 aliphatic rings. The van der Waals surface area contributed by atoms with Crippen LogP contribution < -0.4 is 5.32 Å². The summed E-state index contributed by atoms with van der Waals surface area (Å²) >= 11 is 0. The molecule has 1 heterocycles. The summed E-state index contributed by atoms with van der Waals surface area (Å²) in [5.74, 6) is 0.163. The topological polar surface area (TPSA) is 44.8 Å². The molecule has 1 rings (SSSR count). The van der Waals surface area contributed by atoms with Gasteiger partial charge in [-0.15, -0.1) is 0 Å². The number of nitrogens with one attached hydrogen (secondary N) is 1. The molecule has 1 saturated heterocycles. The van der Waals surface area contributed by atoms with Crippen LogP contribution in [0.3, 0.4) is 0 Å². The number of rotatable bonds is 4. The van der Waals surface area contributed by atoms with Crippen molar-refractivity contribution in [2.45, 2.75) is 19.1 Å². The second kappa shape index (κ2) is 6.18. The van der Waals surface area contributed by atoms with Crippen LogP contribution in [0.2, 0.25) is 0 Å². The Morgan fingerprint density at radius 2 is 2.31 bits per heavy atom. The number of hydrogen-bond donors (Lipinski definition) is 1. The molecule has 1 aliphatic heterocycles. The molecule has 16 heavy (non-hydrogen) atoms. The van der Waals surface area contributed by atoms with E-state index in [4.69, 9.17) is 4.74 Å². The van der Waals surface area contributed by atoms with Crippen molar-refractivity contribution in [1.29, 1.82) is 0 Å². The summed E-state index contributed by atoms with van der Waals surface area (Å²) in [5.41, 5.74) is 0. The number of methoxy groups -OCH3 is 1. The second-order valence-corrected chi connectivity index (χ2v) is 4.49. The van der Waals surface area contributed by atoms with Gasteiger partial charge in [0, 0.05) is 47.4 Å². The molecule has 0 aromatic rings. The lowest BCUT2D eigenvalue weighted by Crippen LogP contribution is -2.58. The smallest absolute Gasteiger partial charge is 0.240 e. The van der Waals surface area contributed by atoms with Gasteiger partial charge >= 0.3 is 0 Å². The summed E-state index contributed by atoms with van der Waals surface area (Å²) in [7, 11) is 5.30. The summed E-state index contributed by atoms with van der Waals surface area (Å²) in [5, 5.41) is 3.26. The first-order chi connectivity index (χ1) is 7.56. The first-order valence-electron chi connectivity index (χ1n) is 5.75. The van der Waals surface area contributed by atoms with Gasteiger partial charge in [0.2, 0.25) is 5.91 Å². The van der Waals surface area contributed by atoms with Crippen LogP contribution in [0.15, 0.2) is 0 Å². The molecule has 5 nitrogen and oxygen atoms in total. The average molecular weight is 229 g/mol. The third kappa shape index (κ3) is 3.43. The fourth-order valence-corrected chi connectivity index (χ4v) is 1.91. The molecule has 2 unspecified atom stereocenters. The molecule has 0 aromatic carbocycles. The van der Waals surface area contributed by atoms with Crippen molar-refractivity contribution in [3.05, 3.63) is 0 Å². The maximum Gasteiger partial charge on any atom is 0.240 e. The van der Waals surface area contributed by atoms with Crippen LogP contribution in [-0.2, 0) is 9.53 Å². The van der Waals surface area contributed by atoms with Crippen molar-refractivity contribution in [3.8, 4) is 0 Å². The van der Waals surface area contributed by atoms with Crippen LogP contribution in [0.4, 0.5) is 0 Å². The molecule has 0 saturated carbocycles. The minimum absolute atomic E-state index is 0.0543. The average Bonchev–Trinajstić information content (AvgIpc) is 2.28. The molecule has 5 heteroatoms. The molecular formula is C11H23N3O2. The van der Waals surface area contributed by atoms with Crippen LogP contribution >= 0.6 is 0 Å². The van der Waals surface area contributed by atoms with Crippen molar-refractivity contribution in [2.75, 3.05) is 47.4 Å². The summed E-state index contributed by atoms with van der Waals surface area (Å²) in [6.07, 6.45) is 0.163. The molecular weight excluding hydrogens is 206 g/mol. The molecule has 0 radical (unpaired) electrons. The Morgan fingerprint density at radius 1 is 1.62 bits per heavy atom. The van der Waals surface area contributed by atoms with Crippen LogP contribution in [-0.4, -0.2) is 75.2 Å². The predicted octanol–water partition coefficient (Wildman–Crippen LogP) is -0.617. The van der Waals surface area contributed by atoms with E-state index in [2.05, 4.69) is 10.2 Å². The lowest BCUT2D eigenvalue weighted by Gasteiger charge is -2.37. The number of piperazine rings is 1. The van der Waals surface area contributed by atoms with Gasteiger partial charge in [0.1, 0.15) is 6.04 Å². The number of ether oxygens (including phenoxy) is 1. The Kier molecular flexibility index (Phi) is 5.18. The van der Waals surface area contributed by atoms with Crippen LogP contribution in [0.25, 0.3) is 0 Å². The Labute approximate surface area is 97.7 Å². The molecule has 1 amide bonds. The number of carbonyl (C=O) groups excluding carboxylic acids is 1. The predicted molar refractivity (Wildman–Crippen MR) is 63.4 cm³/mol. The Hall–Kier alpha value is -0.650. The van der Waals surface area contributed by atoms with E-state index in [1.165, 1.54) is 0 Å². The van der Waals surface area contributed by atoms with Gasteiger partial charge < -0.3 is 15.0 Å². The summed E-state index contributed by atoms with van der Waals surface area (Å²) in [6, 6.07) is -0.0543. The van der Waals surface area contributed by atoms with E-state index in [1.54, 1.807) is 26.1 Å². The molecule has 1 N–H and O–H groups in total. The standard InChI is InChI=1S/C11H23N3O2/c1-9(16-4)8-14-6-5-12-7-10(14)11(15)13(2)3/h9-10,12H,5-8H2,1-4H3. The first kappa shape index (κ1) is 13.4. The molecule has 1 fully saturated rings. The molecule has 0 aliphatic carbocycles. The SMILES string of the molecule is COC(C)CN1CCNCC1C(=O)N(C)C. The molecule has 0 aromatic heterocycles. The highest BCUT2D eigenvalue weighted by atomic mass is 16.5. The summed E-state index contributed by atoms with van der Waals surface area (Å²) in [4.78, 5) is 15.8. The zero-order chi connectivity index (χ0) is 12.1. The van der Waals surface area contributed by atoms with Gasteiger partial charge in [0.15, 0.2) is 0 Å². The Balaban J connectivity index is 2.60. The van der Waals surface area contributed by atoms with E-state index in [0.29, 0.717) is 0 Å². The van der Waals surface area contributed by atoms with E-state index in [9.17, 15) is 4.79 Å². The third-order valence-corrected chi connectivity index (χ3v) is 2.97. The van der Waals surface area contributed by atoms with Gasteiger partial charge in [0.25, 0.3) is 0 Å². The highest BCUT2D eigenvalue weighted by molar-refractivity contribution is 5.81. The maximum absolute atomic E-state index is 12.0. The minimum Gasteiger partial charge on any atom is -0.380 e. The molecule has 2 atom stereocenters. The highest BCUT2D eigenvalue weighted by Gasteiger charge is 2.30. The zero-order valence-electron chi connectivity index (χ0n) is 10.7. The number of hydrogen-bond acceptors (Lipinski definition) is 4. The zero-order valence-corrected chi connectivity index (χ0v) is 10.7. The molecule has 94 valence electrons. The van der Waals surface area contributed by atoms with E-state index in [0.717, 1.165) is 26.2 Å². The molecule has 0 bridgehead atoms. The van der Waals surface area contributed by atoms with Gasteiger partial charge in [-0.25, -0.2) is 0 Å². The number of carbonyl (C=O) groups is 1. The van der Waals surface area contributed by atoms with Crippen LogP contribution in [0, 0.1) is 0 Å². The van der Waals surface area contributed by atoms with Gasteiger partial charge in [-0.3, -0.25) is 9.69 Å². The lowest BCUT2D eigenvalue weighted by molar-refractivity contribution is -0.135. The fourth-order valence-electron chi connectivity index (χ4n) is 1.91. The van der Waals surface area contributed by atoms with Crippen molar-refractivity contribution in [2.24, 2.45) is 0 Å². The Morgan fingerprint density at radius 3 is 2.88 bits per heavy atom. The lowest BCUT2D eigenvalue weighted by atomic mass is 10.1. The van der Waals surface area contributed by atoms with Crippen molar-refractivity contribution in [1.82, 2.24) is 15.1 Å². The highest BCUT2D eigenvalue weighted by Crippen LogP contribution is 2.07. The number of likely N-dealkylation sites (N-methyl/N-ethyl adjacent to an activating group) is 1. The van der Waals surface area contributed by atoms with Gasteiger partial charge in [0.05, 0.1) is 6.10 Å². The number of nitrogens with zero attached hydrogens (tertiary/aromatic N) is 2. The van der Waals surface area contributed by atoms with E-state index in [1.807, 2.05) is 6.92 Å².